The Balaban J connectivity index is 1.08. The van der Waals surface area contributed by atoms with Gasteiger partial charge >= 0.3 is 12.0 Å². The van der Waals surface area contributed by atoms with Gasteiger partial charge in [-0.25, -0.2) is 19.6 Å². The predicted octanol–water partition coefficient (Wildman–Crippen LogP) is 9.26. The van der Waals surface area contributed by atoms with Crippen LogP contribution in [0.25, 0.3) is 32.6 Å². The highest BCUT2D eigenvalue weighted by Crippen LogP contribution is 2.61. The van der Waals surface area contributed by atoms with Gasteiger partial charge in [-0.15, -0.1) is 0 Å². The molecule has 3 aliphatic rings. The van der Waals surface area contributed by atoms with Crippen LogP contribution in [0.4, 0.5) is 21.3 Å². The third-order valence-corrected chi connectivity index (χ3v) is 13.2. The SMILES string of the molecule is CCCC1(OC)CC2(C)CCCC(Cn3ncc(-c4ccc(-c5ccc6c(c5)N(C(=O)Nc5nc7ccccc7s5)CCN6C)nc4C(=O)O)c3C)(C2)C1. The van der Waals surface area contributed by atoms with E-state index < -0.39 is 5.97 Å². The summed E-state index contributed by atoms with van der Waals surface area (Å²) in [6, 6.07) is 17.0. The number of aromatic carboxylic acids is 1. The van der Waals surface area contributed by atoms with Crippen molar-refractivity contribution in [3.8, 4) is 22.4 Å². The Labute approximate surface area is 320 Å². The van der Waals surface area contributed by atoms with Gasteiger partial charge in [0.05, 0.1) is 39.1 Å². The van der Waals surface area contributed by atoms with Gasteiger partial charge in [-0.2, -0.15) is 5.10 Å². The number of benzene rings is 2. The number of thiazole rings is 1. The van der Waals surface area contributed by atoms with E-state index in [2.05, 4.69) is 33.7 Å². The largest absolute Gasteiger partial charge is 0.476 e. The number of nitrogens with one attached hydrogen (secondary N) is 1. The molecule has 2 bridgehead atoms. The molecule has 2 amide bonds. The lowest BCUT2D eigenvalue weighted by Gasteiger charge is -2.58. The van der Waals surface area contributed by atoms with E-state index in [1.54, 1.807) is 11.1 Å². The van der Waals surface area contributed by atoms with E-state index in [9.17, 15) is 14.7 Å². The fourth-order valence-electron chi connectivity index (χ4n) is 10.1. The smallest absolute Gasteiger partial charge is 0.355 e. The Bertz CT molecular complexity index is 2220. The van der Waals surface area contributed by atoms with Crippen LogP contribution < -0.4 is 15.1 Å². The molecule has 0 radical (unpaired) electrons. The summed E-state index contributed by atoms with van der Waals surface area (Å²) in [5, 5.41) is 18.9. The van der Waals surface area contributed by atoms with Crippen LogP contribution in [0.15, 0.2) is 60.8 Å². The molecular formula is C42H49N7O4S. The summed E-state index contributed by atoms with van der Waals surface area (Å²) in [5.41, 5.74) is 6.09. The van der Waals surface area contributed by atoms with Crippen LogP contribution in [0.5, 0.6) is 0 Å². The van der Waals surface area contributed by atoms with Crippen LogP contribution in [-0.4, -0.2) is 69.7 Å². The van der Waals surface area contributed by atoms with Crippen LogP contribution in [0, 0.1) is 17.8 Å². The van der Waals surface area contributed by atoms with Crippen molar-refractivity contribution < 1.29 is 19.4 Å². The van der Waals surface area contributed by atoms with Crippen LogP contribution >= 0.6 is 11.3 Å². The summed E-state index contributed by atoms with van der Waals surface area (Å²) in [6.45, 7) is 8.64. The van der Waals surface area contributed by atoms with E-state index in [1.807, 2.05) is 75.7 Å². The van der Waals surface area contributed by atoms with E-state index in [4.69, 9.17) is 14.8 Å². The number of para-hydroxylation sites is 1. The summed E-state index contributed by atoms with van der Waals surface area (Å²) in [4.78, 5) is 39.6. The summed E-state index contributed by atoms with van der Waals surface area (Å²) in [6.07, 6.45) is 10.8. The number of carboxylic acids is 1. The molecule has 2 saturated carbocycles. The standard InChI is InChI=1S/C42H49N7O4S/c1-6-16-42(53-5)24-40(3)17-9-18-41(23-40,25-42)26-49-27(2)30(22-43-49)29-13-14-31(44-36(29)37(50)51)28-12-15-33-34(21-28)48(20-19-47(33)4)39(52)46-38-45-32-10-7-8-11-35(32)54-38/h7-8,10-15,21-22H,6,9,16-20,23-26H2,1-5H3,(H,50,51)(H,45,46,52). The van der Waals surface area contributed by atoms with Gasteiger partial charge in [-0.3, -0.25) is 14.9 Å². The van der Waals surface area contributed by atoms with E-state index in [1.165, 1.54) is 24.2 Å². The van der Waals surface area contributed by atoms with Gasteiger partial charge in [0.2, 0.25) is 0 Å². The summed E-state index contributed by atoms with van der Waals surface area (Å²) in [5.74, 6) is -1.10. The lowest BCUT2D eigenvalue weighted by atomic mass is 9.51. The molecule has 2 N–H and O–H groups in total. The van der Waals surface area contributed by atoms with Gasteiger partial charge < -0.3 is 14.7 Å². The fraction of sp³-hybridized carbons (Fsp3) is 0.452. The summed E-state index contributed by atoms with van der Waals surface area (Å²) < 4.78 is 9.43. The Morgan fingerprint density at radius 3 is 2.61 bits per heavy atom. The lowest BCUT2D eigenvalue weighted by Crippen LogP contribution is -2.53. The molecule has 3 aromatic heterocycles. The van der Waals surface area contributed by atoms with Gasteiger partial charge in [0.1, 0.15) is 0 Å². The number of carboxylic acid groups (broad SMARTS) is 1. The van der Waals surface area contributed by atoms with Gasteiger partial charge in [0.15, 0.2) is 10.8 Å². The second-order valence-corrected chi connectivity index (χ2v) is 17.3. The van der Waals surface area contributed by atoms with Crippen molar-refractivity contribution in [3.05, 3.63) is 72.2 Å². The van der Waals surface area contributed by atoms with E-state index in [-0.39, 0.29) is 28.2 Å². The number of pyridine rings is 1. The Hall–Kier alpha value is -4.81. The van der Waals surface area contributed by atoms with Crippen LogP contribution in [0.2, 0.25) is 0 Å². The number of urea groups is 1. The van der Waals surface area contributed by atoms with Crippen molar-refractivity contribution in [2.75, 3.05) is 42.4 Å². The number of likely N-dealkylation sites (N-methyl/N-ethyl adjacent to an activating group) is 1. The molecule has 1 aliphatic heterocycles. The molecule has 5 aromatic rings. The zero-order valence-electron chi connectivity index (χ0n) is 31.8. The molecule has 54 heavy (non-hydrogen) atoms. The first kappa shape index (κ1) is 36.2. The predicted molar refractivity (Wildman–Crippen MR) is 215 cm³/mol. The molecule has 282 valence electrons. The number of ether oxygens (including phenoxy) is 1. The van der Waals surface area contributed by atoms with Crippen molar-refractivity contribution in [1.82, 2.24) is 19.7 Å². The van der Waals surface area contributed by atoms with E-state index >= 15 is 0 Å². The van der Waals surface area contributed by atoms with Crippen LogP contribution in [0.3, 0.4) is 0 Å². The number of hydrogen-bond acceptors (Lipinski definition) is 8. The Kier molecular flexibility index (Phi) is 9.24. The van der Waals surface area contributed by atoms with Crippen molar-refractivity contribution in [2.45, 2.75) is 84.3 Å². The van der Waals surface area contributed by atoms with E-state index in [0.29, 0.717) is 35.0 Å². The minimum atomic E-state index is -1.10. The van der Waals surface area contributed by atoms with Gasteiger partial charge in [0.25, 0.3) is 0 Å². The number of nitrogens with zero attached hydrogens (tertiary/aromatic N) is 6. The topological polar surface area (TPSA) is 126 Å². The Morgan fingerprint density at radius 2 is 1.83 bits per heavy atom. The number of carbonyl (C=O) groups excluding carboxylic acids is 1. The average molecular weight is 748 g/mol. The van der Waals surface area contributed by atoms with Crippen molar-refractivity contribution >= 4 is 50.1 Å². The minimum absolute atomic E-state index is 0.0298. The maximum atomic E-state index is 13.7. The second-order valence-electron chi connectivity index (χ2n) is 16.2. The van der Waals surface area contributed by atoms with Crippen molar-refractivity contribution in [3.63, 3.8) is 0 Å². The maximum Gasteiger partial charge on any atom is 0.355 e. The zero-order valence-corrected chi connectivity index (χ0v) is 32.6. The molecule has 12 heteroatoms. The quantitative estimate of drug-likeness (QED) is 0.153. The minimum Gasteiger partial charge on any atom is -0.476 e. The highest BCUT2D eigenvalue weighted by molar-refractivity contribution is 7.22. The summed E-state index contributed by atoms with van der Waals surface area (Å²) >= 11 is 1.44. The average Bonchev–Trinajstić information content (AvgIpc) is 3.72. The maximum absolute atomic E-state index is 13.7. The lowest BCUT2D eigenvalue weighted by molar-refractivity contribution is -0.152. The van der Waals surface area contributed by atoms with E-state index in [0.717, 1.165) is 77.9 Å². The molecule has 8 rings (SSSR count). The number of amides is 2. The molecular weight excluding hydrogens is 699 g/mol. The van der Waals surface area contributed by atoms with Gasteiger partial charge in [-0.1, -0.05) is 56.2 Å². The zero-order chi connectivity index (χ0) is 37.8. The number of hydrogen-bond donors (Lipinski definition) is 2. The third-order valence-electron chi connectivity index (χ3n) is 12.2. The molecule has 2 aromatic carbocycles. The highest BCUT2D eigenvalue weighted by Gasteiger charge is 2.55. The molecule has 3 unspecified atom stereocenters. The number of aromatic nitrogens is 4. The number of anilines is 3. The first-order valence-corrected chi connectivity index (χ1v) is 19.9. The summed E-state index contributed by atoms with van der Waals surface area (Å²) in [7, 11) is 3.88. The monoisotopic (exact) mass is 747 g/mol. The van der Waals surface area contributed by atoms with Gasteiger partial charge in [0, 0.05) is 56.2 Å². The van der Waals surface area contributed by atoms with Crippen LogP contribution in [0.1, 0.15) is 81.4 Å². The second kappa shape index (κ2) is 13.8. The molecule has 3 atom stereocenters. The molecule has 2 aliphatic carbocycles. The number of fused-ring (bicyclic) bond motifs is 4. The van der Waals surface area contributed by atoms with Crippen LogP contribution in [-0.2, 0) is 11.3 Å². The highest BCUT2D eigenvalue weighted by atomic mass is 32.1. The van der Waals surface area contributed by atoms with Crippen molar-refractivity contribution in [1.29, 1.82) is 0 Å². The molecule has 2 fully saturated rings. The Morgan fingerprint density at radius 1 is 1.00 bits per heavy atom. The van der Waals surface area contributed by atoms with Crippen molar-refractivity contribution in [2.24, 2.45) is 10.8 Å². The number of methoxy groups -OCH3 is 1. The number of carbonyl (C=O) groups is 2. The third kappa shape index (κ3) is 6.53. The first-order chi connectivity index (χ1) is 25.9. The molecule has 11 nitrogen and oxygen atoms in total. The first-order valence-electron chi connectivity index (χ1n) is 19.1. The fourth-order valence-corrected chi connectivity index (χ4v) is 10.9. The number of rotatable bonds is 9. The molecule has 4 heterocycles. The normalized spacial score (nSPS) is 23.7. The molecule has 0 spiro atoms. The van der Waals surface area contributed by atoms with Gasteiger partial charge in [-0.05, 0) is 92.7 Å². The molecule has 0 saturated heterocycles.